The minimum Gasteiger partial charge on any atom is -0.443 e. The van der Waals surface area contributed by atoms with Crippen molar-refractivity contribution >= 4 is 35.0 Å². The smallest absolute Gasteiger partial charge is 0.414 e. The standard InChI is InChI=1S/C13H15F2N3O2S/c1-13(2,3)20-12(19)18(4)9-5-8(10(14)15)6-16-11(9)17-7-21/h5-6,10H,1-4H3. The molecule has 1 aromatic rings. The first-order chi connectivity index (χ1) is 9.65. The van der Waals surface area contributed by atoms with E-state index in [1.807, 2.05) is 0 Å². The number of halogens is 2. The number of thiocarbonyl (C=S) groups is 1. The number of nitrogens with zero attached hydrogens (tertiary/aromatic N) is 3. The molecule has 0 fully saturated rings. The number of anilines is 1. The number of carbonyl (C=O) groups excluding carboxylic acids is 1. The van der Waals surface area contributed by atoms with Gasteiger partial charge >= 0.3 is 6.09 Å². The first kappa shape index (κ1) is 17.1. The predicted octanol–water partition coefficient (Wildman–Crippen LogP) is 4.12. The highest BCUT2D eigenvalue weighted by atomic mass is 32.1. The summed E-state index contributed by atoms with van der Waals surface area (Å²) in [4.78, 5) is 20.5. The second-order valence-electron chi connectivity index (χ2n) is 5.15. The highest BCUT2D eigenvalue weighted by Crippen LogP contribution is 2.31. The van der Waals surface area contributed by atoms with Crippen LogP contribution in [0.3, 0.4) is 0 Å². The third-order valence-corrected chi connectivity index (χ3v) is 2.39. The summed E-state index contributed by atoms with van der Waals surface area (Å²) in [5.41, 5.74) is -0.977. The number of hydrogen-bond acceptors (Lipinski definition) is 5. The van der Waals surface area contributed by atoms with Crippen molar-refractivity contribution < 1.29 is 18.3 Å². The van der Waals surface area contributed by atoms with Crippen LogP contribution in [0.15, 0.2) is 17.3 Å². The maximum Gasteiger partial charge on any atom is 0.414 e. The average molecular weight is 315 g/mol. The van der Waals surface area contributed by atoms with Crippen LogP contribution < -0.4 is 4.90 Å². The number of alkyl halides is 2. The quantitative estimate of drug-likeness (QED) is 0.622. The van der Waals surface area contributed by atoms with Gasteiger partial charge in [0.25, 0.3) is 6.43 Å². The molecule has 0 N–H and O–H groups in total. The summed E-state index contributed by atoms with van der Waals surface area (Å²) in [6.45, 7) is 5.09. The Hall–Kier alpha value is -1.92. The van der Waals surface area contributed by atoms with Crippen molar-refractivity contribution in [2.45, 2.75) is 32.8 Å². The fraction of sp³-hybridized carbons (Fsp3) is 0.462. The van der Waals surface area contributed by atoms with Crippen molar-refractivity contribution in [1.82, 2.24) is 4.98 Å². The highest BCUT2D eigenvalue weighted by Gasteiger charge is 2.24. The molecule has 1 aromatic heterocycles. The molecule has 0 aliphatic carbocycles. The molecule has 0 radical (unpaired) electrons. The van der Waals surface area contributed by atoms with Gasteiger partial charge in [0.15, 0.2) is 5.82 Å². The third kappa shape index (κ3) is 4.84. The molecule has 1 amide bonds. The SMILES string of the molecule is CN(C(=O)OC(C)(C)C)c1cc(C(F)F)cnc1N=C=S. The average Bonchev–Trinajstić information content (AvgIpc) is 2.36. The van der Waals surface area contributed by atoms with Gasteiger partial charge in [0.05, 0.1) is 10.8 Å². The van der Waals surface area contributed by atoms with Gasteiger partial charge in [0.1, 0.15) is 5.60 Å². The molecule has 0 bridgehead atoms. The Labute approximate surface area is 126 Å². The number of hydrogen-bond donors (Lipinski definition) is 0. The summed E-state index contributed by atoms with van der Waals surface area (Å²) in [6, 6.07) is 1.12. The number of rotatable bonds is 3. The van der Waals surface area contributed by atoms with Gasteiger partial charge in [-0.05, 0) is 39.1 Å². The lowest BCUT2D eigenvalue weighted by atomic mass is 10.2. The lowest BCUT2D eigenvalue weighted by Crippen LogP contribution is -2.34. The van der Waals surface area contributed by atoms with Crippen molar-refractivity contribution in [3.05, 3.63) is 17.8 Å². The molecule has 0 atom stereocenters. The zero-order valence-electron chi connectivity index (χ0n) is 12.1. The first-order valence-corrected chi connectivity index (χ1v) is 6.39. The van der Waals surface area contributed by atoms with Gasteiger partial charge in [-0.3, -0.25) is 4.90 Å². The van der Waals surface area contributed by atoms with E-state index in [9.17, 15) is 13.6 Å². The number of pyridine rings is 1. The third-order valence-electron chi connectivity index (χ3n) is 2.30. The second-order valence-corrected chi connectivity index (χ2v) is 5.34. The van der Waals surface area contributed by atoms with E-state index in [4.69, 9.17) is 4.74 Å². The van der Waals surface area contributed by atoms with E-state index in [2.05, 4.69) is 27.4 Å². The lowest BCUT2D eigenvalue weighted by Gasteiger charge is -2.25. The number of amides is 1. The Balaban J connectivity index is 3.21. The Kier molecular flexibility index (Phi) is 5.46. The molecule has 1 rings (SSSR count). The van der Waals surface area contributed by atoms with Crippen LogP contribution in [-0.4, -0.2) is 28.9 Å². The fourth-order valence-electron chi connectivity index (χ4n) is 1.39. The number of isothiocyanates is 1. The Bertz CT molecular complexity index is 581. The summed E-state index contributed by atoms with van der Waals surface area (Å²) in [7, 11) is 1.38. The second kappa shape index (κ2) is 6.69. The molecule has 0 aliphatic rings. The van der Waals surface area contributed by atoms with Crippen molar-refractivity contribution in [2.75, 3.05) is 11.9 Å². The molecule has 0 saturated heterocycles. The minimum absolute atomic E-state index is 0.0164. The summed E-state index contributed by atoms with van der Waals surface area (Å²) in [5.74, 6) is 0.0164. The molecule has 114 valence electrons. The number of ether oxygens (including phenoxy) is 1. The molecule has 0 saturated carbocycles. The van der Waals surface area contributed by atoms with Crippen molar-refractivity contribution in [3.63, 3.8) is 0 Å². The van der Waals surface area contributed by atoms with Gasteiger partial charge < -0.3 is 4.74 Å². The topological polar surface area (TPSA) is 54.8 Å². The predicted molar refractivity (Wildman–Crippen MR) is 78.5 cm³/mol. The van der Waals surface area contributed by atoms with Crippen LogP contribution >= 0.6 is 12.2 Å². The number of carbonyl (C=O) groups is 1. The lowest BCUT2D eigenvalue weighted by molar-refractivity contribution is 0.0589. The van der Waals surface area contributed by atoms with E-state index < -0.39 is 18.1 Å². The zero-order valence-corrected chi connectivity index (χ0v) is 12.9. The fourth-order valence-corrected chi connectivity index (χ4v) is 1.47. The highest BCUT2D eigenvalue weighted by molar-refractivity contribution is 7.78. The van der Waals surface area contributed by atoms with E-state index in [-0.39, 0.29) is 17.1 Å². The molecule has 21 heavy (non-hydrogen) atoms. The Morgan fingerprint density at radius 3 is 2.62 bits per heavy atom. The summed E-state index contributed by atoms with van der Waals surface area (Å²) >= 11 is 4.48. The van der Waals surface area contributed by atoms with Gasteiger partial charge in [0, 0.05) is 18.8 Å². The molecule has 0 spiro atoms. The molecular formula is C13H15F2N3O2S. The van der Waals surface area contributed by atoms with Crippen molar-refractivity contribution in [1.29, 1.82) is 0 Å². The summed E-state index contributed by atoms with van der Waals surface area (Å²) < 4.78 is 30.7. The van der Waals surface area contributed by atoms with Gasteiger partial charge in [-0.1, -0.05) is 0 Å². The molecular weight excluding hydrogens is 300 g/mol. The molecule has 8 heteroatoms. The van der Waals surface area contributed by atoms with E-state index >= 15 is 0 Å². The van der Waals surface area contributed by atoms with Crippen LogP contribution in [0.1, 0.15) is 32.8 Å². The van der Waals surface area contributed by atoms with Crippen LogP contribution in [0.5, 0.6) is 0 Å². The monoisotopic (exact) mass is 315 g/mol. The van der Waals surface area contributed by atoms with Crippen LogP contribution in [0.4, 0.5) is 25.1 Å². The normalized spacial score (nSPS) is 11.0. The van der Waals surface area contributed by atoms with E-state index in [0.717, 1.165) is 17.2 Å². The maximum absolute atomic E-state index is 12.8. The Morgan fingerprint density at radius 2 is 2.14 bits per heavy atom. The maximum atomic E-state index is 12.8. The molecule has 0 unspecified atom stereocenters. The largest absolute Gasteiger partial charge is 0.443 e. The molecule has 5 nitrogen and oxygen atoms in total. The van der Waals surface area contributed by atoms with Crippen molar-refractivity contribution in [2.24, 2.45) is 4.99 Å². The van der Waals surface area contributed by atoms with E-state index in [1.54, 1.807) is 20.8 Å². The van der Waals surface area contributed by atoms with Gasteiger partial charge in [-0.2, -0.15) is 4.99 Å². The van der Waals surface area contributed by atoms with Crippen LogP contribution in [0, 0.1) is 0 Å². The summed E-state index contributed by atoms with van der Waals surface area (Å²) in [6.07, 6.45) is -2.45. The Morgan fingerprint density at radius 1 is 1.52 bits per heavy atom. The first-order valence-electron chi connectivity index (χ1n) is 5.98. The van der Waals surface area contributed by atoms with E-state index in [1.165, 1.54) is 7.05 Å². The molecule has 0 aliphatic heterocycles. The van der Waals surface area contributed by atoms with Crippen molar-refractivity contribution in [3.8, 4) is 0 Å². The van der Waals surface area contributed by atoms with Crippen LogP contribution in [-0.2, 0) is 4.74 Å². The number of aliphatic imine (C=N–C) groups is 1. The van der Waals surface area contributed by atoms with Crippen LogP contribution in [0.25, 0.3) is 0 Å². The van der Waals surface area contributed by atoms with Gasteiger partial charge in [0.2, 0.25) is 0 Å². The van der Waals surface area contributed by atoms with E-state index in [0.29, 0.717) is 0 Å². The zero-order chi connectivity index (χ0) is 16.2. The molecule has 1 heterocycles. The van der Waals surface area contributed by atoms with Gasteiger partial charge in [-0.25, -0.2) is 18.6 Å². The summed E-state index contributed by atoms with van der Waals surface area (Å²) in [5, 5.41) is 2.09. The molecule has 0 aromatic carbocycles. The van der Waals surface area contributed by atoms with Crippen LogP contribution in [0.2, 0.25) is 0 Å². The van der Waals surface area contributed by atoms with Gasteiger partial charge in [-0.15, -0.1) is 0 Å². The minimum atomic E-state index is -2.71. The number of aromatic nitrogens is 1.